The van der Waals surface area contributed by atoms with Crippen LogP contribution in [0.3, 0.4) is 0 Å². The van der Waals surface area contributed by atoms with Crippen LogP contribution >= 0.6 is 15.9 Å². The summed E-state index contributed by atoms with van der Waals surface area (Å²) < 4.78 is 3.26. The molecule has 140 valence electrons. The number of urea groups is 1. The zero-order valence-electron chi connectivity index (χ0n) is 15.7. The SMILES string of the molecule is CCC(C)n1cc(/C=N/NC(=O)Nc2ccc(Br)c(C)c2)c2ccccc21. The number of hydrazone groups is 1. The number of fused-ring (bicyclic) bond motifs is 1. The molecular formula is C21H23BrN4O. The fraction of sp³-hybridized carbons (Fsp3) is 0.238. The molecule has 0 radical (unpaired) electrons. The first-order valence-corrected chi connectivity index (χ1v) is 9.74. The van der Waals surface area contributed by atoms with Gasteiger partial charge in [-0.2, -0.15) is 5.10 Å². The Morgan fingerprint density at radius 1 is 1.30 bits per heavy atom. The Morgan fingerprint density at radius 2 is 2.07 bits per heavy atom. The number of hydrogen-bond donors (Lipinski definition) is 2. The first-order valence-electron chi connectivity index (χ1n) is 8.95. The highest BCUT2D eigenvalue weighted by Gasteiger charge is 2.10. The molecule has 1 atom stereocenters. The number of amides is 2. The van der Waals surface area contributed by atoms with E-state index < -0.39 is 0 Å². The molecule has 1 heterocycles. The molecule has 3 aromatic rings. The van der Waals surface area contributed by atoms with E-state index in [1.807, 2.05) is 37.3 Å². The summed E-state index contributed by atoms with van der Waals surface area (Å²) in [5, 5.41) is 8.01. The van der Waals surface area contributed by atoms with Gasteiger partial charge >= 0.3 is 6.03 Å². The Kier molecular flexibility index (Phi) is 5.96. The third-order valence-electron chi connectivity index (χ3n) is 4.62. The topological polar surface area (TPSA) is 58.4 Å². The number of aryl methyl sites for hydroxylation is 1. The average Bonchev–Trinajstić information content (AvgIpc) is 3.03. The maximum absolute atomic E-state index is 12.1. The van der Waals surface area contributed by atoms with Crippen LogP contribution in [0.2, 0.25) is 0 Å². The van der Waals surface area contributed by atoms with Crippen LogP contribution in [0.15, 0.2) is 58.2 Å². The molecule has 0 saturated heterocycles. The monoisotopic (exact) mass is 426 g/mol. The summed E-state index contributed by atoms with van der Waals surface area (Å²) in [4.78, 5) is 12.1. The summed E-state index contributed by atoms with van der Waals surface area (Å²) in [7, 11) is 0. The van der Waals surface area contributed by atoms with Crippen molar-refractivity contribution in [2.45, 2.75) is 33.2 Å². The number of halogens is 1. The fourth-order valence-electron chi connectivity index (χ4n) is 2.94. The molecule has 3 rings (SSSR count). The highest BCUT2D eigenvalue weighted by Crippen LogP contribution is 2.25. The number of hydrogen-bond acceptors (Lipinski definition) is 2. The molecule has 2 amide bonds. The summed E-state index contributed by atoms with van der Waals surface area (Å²) in [6.07, 6.45) is 4.82. The van der Waals surface area contributed by atoms with E-state index in [-0.39, 0.29) is 6.03 Å². The second-order valence-corrected chi connectivity index (χ2v) is 7.41. The van der Waals surface area contributed by atoms with Gasteiger partial charge in [-0.15, -0.1) is 0 Å². The standard InChI is InChI=1S/C21H23BrN4O/c1-4-15(3)26-13-16(18-7-5-6-8-20(18)26)12-23-25-21(27)24-17-9-10-19(22)14(2)11-17/h5-13,15H,4H2,1-3H3,(H2,24,25,27)/b23-12+. The minimum Gasteiger partial charge on any atom is -0.344 e. The molecule has 0 aliphatic heterocycles. The van der Waals surface area contributed by atoms with Crippen molar-refractivity contribution in [1.29, 1.82) is 0 Å². The van der Waals surface area contributed by atoms with E-state index in [1.165, 1.54) is 5.52 Å². The van der Waals surface area contributed by atoms with Gasteiger partial charge in [0.2, 0.25) is 0 Å². The Hall–Kier alpha value is -2.60. The van der Waals surface area contributed by atoms with Crippen molar-refractivity contribution in [3.05, 3.63) is 64.3 Å². The minimum absolute atomic E-state index is 0.376. The number of anilines is 1. The Bertz CT molecular complexity index is 993. The normalized spacial score (nSPS) is 12.4. The smallest absolute Gasteiger partial charge is 0.339 e. The van der Waals surface area contributed by atoms with E-state index in [0.717, 1.165) is 33.1 Å². The zero-order chi connectivity index (χ0) is 19.4. The Morgan fingerprint density at radius 3 is 2.81 bits per heavy atom. The van der Waals surface area contributed by atoms with Gasteiger partial charge in [0.1, 0.15) is 0 Å². The lowest BCUT2D eigenvalue weighted by atomic mass is 10.2. The highest BCUT2D eigenvalue weighted by atomic mass is 79.9. The first kappa shape index (κ1) is 19.2. The molecule has 0 saturated carbocycles. The van der Waals surface area contributed by atoms with Gasteiger partial charge in [0.05, 0.1) is 6.21 Å². The van der Waals surface area contributed by atoms with Crippen LogP contribution in [-0.4, -0.2) is 16.8 Å². The second-order valence-electron chi connectivity index (χ2n) is 6.55. The van der Waals surface area contributed by atoms with Crippen molar-refractivity contribution >= 4 is 44.8 Å². The van der Waals surface area contributed by atoms with E-state index in [9.17, 15) is 4.79 Å². The molecule has 1 aromatic heterocycles. The number of aromatic nitrogens is 1. The summed E-state index contributed by atoms with van der Waals surface area (Å²) in [6, 6.07) is 13.9. The maximum atomic E-state index is 12.1. The summed E-state index contributed by atoms with van der Waals surface area (Å²) in [6.45, 7) is 6.33. The van der Waals surface area contributed by atoms with Crippen LogP contribution in [0, 0.1) is 6.92 Å². The molecule has 5 nitrogen and oxygen atoms in total. The van der Waals surface area contributed by atoms with E-state index in [1.54, 1.807) is 6.21 Å². The molecule has 2 N–H and O–H groups in total. The zero-order valence-corrected chi connectivity index (χ0v) is 17.2. The van der Waals surface area contributed by atoms with Gasteiger partial charge in [-0.05, 0) is 50.1 Å². The van der Waals surface area contributed by atoms with Crippen LogP contribution in [0.5, 0.6) is 0 Å². The fourth-order valence-corrected chi connectivity index (χ4v) is 3.18. The predicted octanol–water partition coefficient (Wildman–Crippen LogP) is 5.84. The van der Waals surface area contributed by atoms with E-state index >= 15 is 0 Å². The number of rotatable bonds is 5. The molecule has 0 bridgehead atoms. The van der Waals surface area contributed by atoms with Gasteiger partial charge in [0.15, 0.2) is 0 Å². The Labute approximate surface area is 167 Å². The van der Waals surface area contributed by atoms with Crippen molar-refractivity contribution in [1.82, 2.24) is 9.99 Å². The van der Waals surface area contributed by atoms with Crippen molar-refractivity contribution in [2.24, 2.45) is 5.10 Å². The van der Waals surface area contributed by atoms with Gasteiger partial charge in [0.25, 0.3) is 0 Å². The van der Waals surface area contributed by atoms with Gasteiger partial charge < -0.3 is 9.88 Å². The average molecular weight is 427 g/mol. The van der Waals surface area contributed by atoms with Crippen molar-refractivity contribution in [3.63, 3.8) is 0 Å². The van der Waals surface area contributed by atoms with E-state index in [2.05, 4.69) is 68.5 Å². The van der Waals surface area contributed by atoms with E-state index in [0.29, 0.717) is 6.04 Å². The maximum Gasteiger partial charge on any atom is 0.339 e. The lowest BCUT2D eigenvalue weighted by molar-refractivity contribution is 0.252. The lowest BCUT2D eigenvalue weighted by Crippen LogP contribution is -2.24. The van der Waals surface area contributed by atoms with Crippen LogP contribution in [0.25, 0.3) is 10.9 Å². The second kappa shape index (κ2) is 8.39. The molecule has 0 spiro atoms. The van der Waals surface area contributed by atoms with E-state index in [4.69, 9.17) is 0 Å². The van der Waals surface area contributed by atoms with Crippen molar-refractivity contribution in [2.75, 3.05) is 5.32 Å². The van der Waals surface area contributed by atoms with Crippen LogP contribution < -0.4 is 10.7 Å². The predicted molar refractivity (Wildman–Crippen MR) is 116 cm³/mol. The molecule has 27 heavy (non-hydrogen) atoms. The third-order valence-corrected chi connectivity index (χ3v) is 5.51. The van der Waals surface area contributed by atoms with Gasteiger partial charge in [0, 0.05) is 38.9 Å². The molecule has 2 aromatic carbocycles. The number of carbonyl (C=O) groups is 1. The van der Waals surface area contributed by atoms with Crippen molar-refractivity contribution < 1.29 is 4.79 Å². The molecular weight excluding hydrogens is 404 g/mol. The third kappa shape index (κ3) is 4.39. The number of benzene rings is 2. The summed E-state index contributed by atoms with van der Waals surface area (Å²) in [5.41, 5.74) is 6.45. The van der Waals surface area contributed by atoms with Crippen LogP contribution in [0.4, 0.5) is 10.5 Å². The summed E-state index contributed by atoms with van der Waals surface area (Å²) >= 11 is 3.45. The van der Waals surface area contributed by atoms with Crippen LogP contribution in [-0.2, 0) is 0 Å². The first-order chi connectivity index (χ1) is 13.0. The molecule has 6 heteroatoms. The number of carbonyl (C=O) groups excluding carboxylic acids is 1. The quantitative estimate of drug-likeness (QED) is 0.390. The molecule has 1 unspecified atom stereocenters. The minimum atomic E-state index is -0.376. The van der Waals surface area contributed by atoms with Crippen molar-refractivity contribution in [3.8, 4) is 0 Å². The van der Waals surface area contributed by atoms with Crippen LogP contribution in [0.1, 0.15) is 37.4 Å². The molecule has 0 aliphatic rings. The van der Waals surface area contributed by atoms with Gasteiger partial charge in [-0.25, -0.2) is 10.2 Å². The number of para-hydroxylation sites is 1. The number of nitrogens with one attached hydrogen (secondary N) is 2. The Balaban J connectivity index is 1.72. The molecule has 0 aliphatic carbocycles. The van der Waals surface area contributed by atoms with Gasteiger partial charge in [-0.3, -0.25) is 0 Å². The van der Waals surface area contributed by atoms with Gasteiger partial charge in [-0.1, -0.05) is 41.1 Å². The highest BCUT2D eigenvalue weighted by molar-refractivity contribution is 9.10. The molecule has 0 fully saturated rings. The number of nitrogens with zero attached hydrogens (tertiary/aromatic N) is 2. The lowest BCUT2D eigenvalue weighted by Gasteiger charge is -2.12. The largest absolute Gasteiger partial charge is 0.344 e. The summed E-state index contributed by atoms with van der Waals surface area (Å²) in [5.74, 6) is 0.